The Bertz CT molecular complexity index is 246. The lowest BCUT2D eigenvalue weighted by Crippen LogP contribution is -2.28. The maximum absolute atomic E-state index is 10.9. The van der Waals surface area contributed by atoms with Crippen LogP contribution in [-0.2, 0) is 4.79 Å². The van der Waals surface area contributed by atoms with Crippen LogP contribution >= 0.6 is 0 Å². The zero-order chi connectivity index (χ0) is 10.6. The Labute approximate surface area is 85.1 Å². The van der Waals surface area contributed by atoms with Gasteiger partial charge >= 0.3 is 5.91 Å². The van der Waals surface area contributed by atoms with Crippen molar-refractivity contribution < 1.29 is 4.79 Å². The predicted octanol–water partition coefficient (Wildman–Crippen LogP) is 0.310. The third kappa shape index (κ3) is 3.00. The van der Waals surface area contributed by atoms with E-state index < -0.39 is 5.91 Å². The van der Waals surface area contributed by atoms with Gasteiger partial charge in [-0.15, -0.1) is 0 Å². The summed E-state index contributed by atoms with van der Waals surface area (Å²) >= 11 is 0. The molecule has 1 aliphatic heterocycles. The van der Waals surface area contributed by atoms with Crippen LogP contribution in [0.3, 0.4) is 0 Å². The molecule has 4 nitrogen and oxygen atoms in total. The molecule has 1 heterocycles. The van der Waals surface area contributed by atoms with Gasteiger partial charge in [-0.25, -0.2) is 0 Å². The van der Waals surface area contributed by atoms with E-state index in [-0.39, 0.29) is 0 Å². The lowest BCUT2D eigenvalue weighted by molar-refractivity contribution is -0.124. The molecule has 1 saturated heterocycles. The van der Waals surface area contributed by atoms with Crippen molar-refractivity contribution in [3.63, 3.8) is 0 Å². The van der Waals surface area contributed by atoms with Gasteiger partial charge in [0.15, 0.2) is 6.07 Å². The van der Waals surface area contributed by atoms with Crippen LogP contribution in [0.25, 0.3) is 0 Å². The number of rotatable bonds is 3. The standard InChI is InChI=1S/C10H17N3O/c1-12-5-3-9(8-12)4-6-13(2)10(14)7-11/h9H,3-6,8H2,1-2H3. The van der Waals surface area contributed by atoms with Crippen LogP contribution in [0, 0.1) is 17.2 Å². The van der Waals surface area contributed by atoms with E-state index in [1.807, 2.05) is 0 Å². The molecule has 0 aromatic carbocycles. The fourth-order valence-electron chi connectivity index (χ4n) is 1.83. The second-order valence-corrected chi connectivity index (χ2v) is 4.04. The normalized spacial score (nSPS) is 21.9. The van der Waals surface area contributed by atoms with Gasteiger partial charge in [0.05, 0.1) is 0 Å². The summed E-state index contributed by atoms with van der Waals surface area (Å²) in [5.74, 6) is 0.255. The highest BCUT2D eigenvalue weighted by Gasteiger charge is 2.20. The van der Waals surface area contributed by atoms with E-state index in [1.54, 1.807) is 13.1 Å². The van der Waals surface area contributed by atoms with Crippen LogP contribution in [0.15, 0.2) is 0 Å². The highest BCUT2D eigenvalue weighted by molar-refractivity contribution is 5.90. The number of amides is 1. The summed E-state index contributed by atoms with van der Waals surface area (Å²) in [6, 6.07) is 1.63. The van der Waals surface area contributed by atoms with Crippen LogP contribution in [0.4, 0.5) is 0 Å². The highest BCUT2D eigenvalue weighted by Crippen LogP contribution is 2.17. The molecule has 0 bridgehead atoms. The van der Waals surface area contributed by atoms with E-state index in [0.29, 0.717) is 12.5 Å². The van der Waals surface area contributed by atoms with E-state index in [0.717, 1.165) is 19.5 Å². The molecule has 14 heavy (non-hydrogen) atoms. The maximum Gasteiger partial charge on any atom is 0.324 e. The van der Waals surface area contributed by atoms with E-state index >= 15 is 0 Å². The number of likely N-dealkylation sites (tertiary alicyclic amines) is 1. The Morgan fingerprint density at radius 2 is 2.43 bits per heavy atom. The first-order valence-corrected chi connectivity index (χ1v) is 4.97. The zero-order valence-electron chi connectivity index (χ0n) is 8.86. The van der Waals surface area contributed by atoms with Crippen molar-refractivity contribution in [3.8, 4) is 6.07 Å². The van der Waals surface area contributed by atoms with E-state index in [4.69, 9.17) is 5.26 Å². The lowest BCUT2D eigenvalue weighted by Gasteiger charge is -2.16. The summed E-state index contributed by atoms with van der Waals surface area (Å²) in [4.78, 5) is 14.7. The maximum atomic E-state index is 10.9. The molecule has 1 rings (SSSR count). The van der Waals surface area contributed by atoms with Crippen LogP contribution < -0.4 is 0 Å². The molecule has 1 fully saturated rings. The zero-order valence-corrected chi connectivity index (χ0v) is 8.86. The molecule has 0 spiro atoms. The molecular formula is C10H17N3O. The third-order valence-electron chi connectivity index (χ3n) is 2.80. The Kier molecular flexibility index (Phi) is 3.90. The van der Waals surface area contributed by atoms with E-state index in [2.05, 4.69) is 11.9 Å². The van der Waals surface area contributed by atoms with Gasteiger partial charge in [-0.1, -0.05) is 0 Å². The minimum absolute atomic E-state index is 0.434. The van der Waals surface area contributed by atoms with Gasteiger partial charge in [0.2, 0.25) is 0 Å². The highest BCUT2D eigenvalue weighted by atomic mass is 16.2. The van der Waals surface area contributed by atoms with E-state index in [9.17, 15) is 4.79 Å². The molecule has 1 amide bonds. The molecule has 0 radical (unpaired) electrons. The Balaban J connectivity index is 2.21. The van der Waals surface area contributed by atoms with Gasteiger partial charge in [-0.3, -0.25) is 4.79 Å². The molecule has 0 aliphatic carbocycles. The molecule has 0 N–H and O–H groups in total. The van der Waals surface area contributed by atoms with Crippen molar-refractivity contribution in [2.75, 3.05) is 33.7 Å². The second-order valence-electron chi connectivity index (χ2n) is 4.04. The average molecular weight is 195 g/mol. The smallest absolute Gasteiger partial charge is 0.324 e. The Morgan fingerprint density at radius 3 is 2.93 bits per heavy atom. The second kappa shape index (κ2) is 4.97. The van der Waals surface area contributed by atoms with Gasteiger partial charge in [-0.05, 0) is 32.4 Å². The van der Waals surface area contributed by atoms with Gasteiger partial charge in [-0.2, -0.15) is 5.26 Å². The van der Waals surface area contributed by atoms with Crippen LogP contribution in [0.5, 0.6) is 0 Å². The van der Waals surface area contributed by atoms with Crippen LogP contribution in [-0.4, -0.2) is 49.4 Å². The van der Waals surface area contributed by atoms with E-state index in [1.165, 1.54) is 11.3 Å². The number of carbonyl (C=O) groups is 1. The van der Waals surface area contributed by atoms with Crippen molar-refractivity contribution in [3.05, 3.63) is 0 Å². The summed E-state index contributed by atoms with van der Waals surface area (Å²) in [6.45, 7) is 2.97. The fraction of sp³-hybridized carbons (Fsp3) is 0.800. The summed E-state index contributed by atoms with van der Waals surface area (Å²) < 4.78 is 0. The largest absolute Gasteiger partial charge is 0.333 e. The average Bonchev–Trinajstić information content (AvgIpc) is 2.59. The van der Waals surface area contributed by atoms with Crippen molar-refractivity contribution >= 4 is 5.91 Å². The monoisotopic (exact) mass is 195 g/mol. The van der Waals surface area contributed by atoms with Crippen molar-refractivity contribution in [1.82, 2.24) is 9.80 Å². The van der Waals surface area contributed by atoms with Gasteiger partial charge in [0.1, 0.15) is 0 Å². The van der Waals surface area contributed by atoms with Gasteiger partial charge < -0.3 is 9.80 Å². The summed E-state index contributed by atoms with van der Waals surface area (Å²) in [7, 11) is 3.80. The van der Waals surface area contributed by atoms with Crippen molar-refractivity contribution in [2.24, 2.45) is 5.92 Å². The quantitative estimate of drug-likeness (QED) is 0.609. The number of nitriles is 1. The van der Waals surface area contributed by atoms with Crippen LogP contribution in [0.2, 0.25) is 0 Å². The first kappa shape index (κ1) is 11.0. The molecule has 1 unspecified atom stereocenters. The minimum atomic E-state index is -0.434. The molecular weight excluding hydrogens is 178 g/mol. The van der Waals surface area contributed by atoms with Crippen molar-refractivity contribution in [2.45, 2.75) is 12.8 Å². The van der Waals surface area contributed by atoms with Gasteiger partial charge in [0.25, 0.3) is 0 Å². The molecule has 0 aromatic rings. The number of hydrogen-bond acceptors (Lipinski definition) is 3. The summed E-state index contributed by atoms with van der Waals surface area (Å²) in [5.41, 5.74) is 0. The topological polar surface area (TPSA) is 47.3 Å². The molecule has 0 aromatic heterocycles. The third-order valence-corrected chi connectivity index (χ3v) is 2.80. The molecule has 1 aliphatic rings. The molecule has 78 valence electrons. The minimum Gasteiger partial charge on any atom is -0.333 e. The SMILES string of the molecule is CN1CCC(CCN(C)C(=O)C#N)C1. The number of hydrogen-bond donors (Lipinski definition) is 0. The first-order valence-electron chi connectivity index (χ1n) is 4.97. The molecule has 1 atom stereocenters. The number of nitrogens with zero attached hydrogens (tertiary/aromatic N) is 3. The Hall–Kier alpha value is -1.08. The summed E-state index contributed by atoms with van der Waals surface area (Å²) in [6.07, 6.45) is 2.22. The molecule has 4 heteroatoms. The summed E-state index contributed by atoms with van der Waals surface area (Å²) in [5, 5.41) is 8.39. The van der Waals surface area contributed by atoms with Gasteiger partial charge in [0, 0.05) is 20.1 Å². The number of carbonyl (C=O) groups excluding carboxylic acids is 1. The van der Waals surface area contributed by atoms with Crippen LogP contribution in [0.1, 0.15) is 12.8 Å². The fourth-order valence-corrected chi connectivity index (χ4v) is 1.83. The lowest BCUT2D eigenvalue weighted by atomic mass is 10.1. The predicted molar refractivity (Wildman–Crippen MR) is 53.5 cm³/mol. The first-order chi connectivity index (χ1) is 6.63. The Morgan fingerprint density at radius 1 is 1.71 bits per heavy atom. The van der Waals surface area contributed by atoms with Crippen molar-refractivity contribution in [1.29, 1.82) is 5.26 Å². The molecule has 0 saturated carbocycles.